The first-order chi connectivity index (χ1) is 11.6. The molecule has 3 aromatic rings. The van der Waals surface area contributed by atoms with Crippen LogP contribution < -0.4 is 5.56 Å². The lowest BCUT2D eigenvalue weighted by Gasteiger charge is -2.03. The number of hydrogen-bond donors (Lipinski definition) is 1. The van der Waals surface area contributed by atoms with E-state index in [-0.39, 0.29) is 29.6 Å². The fourth-order valence-electron chi connectivity index (χ4n) is 1.82. The molecule has 0 bridgehead atoms. The summed E-state index contributed by atoms with van der Waals surface area (Å²) in [5.41, 5.74) is -0.270. The molecule has 0 aliphatic rings. The smallest absolute Gasteiger partial charge is 0.286 e. The zero-order valence-corrected chi connectivity index (χ0v) is 14.3. The highest BCUT2D eigenvalue weighted by molar-refractivity contribution is 7.11. The minimum absolute atomic E-state index is 0.0179. The van der Waals surface area contributed by atoms with Crippen molar-refractivity contribution >= 4 is 46.7 Å². The van der Waals surface area contributed by atoms with Gasteiger partial charge in [-0.15, -0.1) is 11.3 Å². The average molecular weight is 385 g/mol. The van der Waals surface area contributed by atoms with Gasteiger partial charge >= 0.3 is 0 Å². The summed E-state index contributed by atoms with van der Waals surface area (Å²) in [6.45, 7) is -0.375. The second kappa shape index (κ2) is 7.27. The third kappa shape index (κ3) is 3.73. The van der Waals surface area contributed by atoms with Gasteiger partial charge in [0.05, 0.1) is 17.8 Å². The molecule has 0 amide bonds. The van der Waals surface area contributed by atoms with Crippen molar-refractivity contribution in [2.75, 3.05) is 0 Å². The number of rotatable bonds is 5. The molecule has 7 nitrogen and oxygen atoms in total. The Bertz CT molecular complexity index is 948. The molecule has 0 spiro atoms. The zero-order valence-electron chi connectivity index (χ0n) is 12.0. The van der Waals surface area contributed by atoms with Gasteiger partial charge in [0.15, 0.2) is 5.82 Å². The molecule has 0 aromatic carbocycles. The van der Waals surface area contributed by atoms with Crippen molar-refractivity contribution in [3.8, 4) is 0 Å². The second-order valence-electron chi connectivity index (χ2n) is 4.65. The van der Waals surface area contributed by atoms with Crippen LogP contribution in [0.25, 0.3) is 12.2 Å². The van der Waals surface area contributed by atoms with Crippen LogP contribution in [0.2, 0.25) is 10.0 Å². The predicted molar refractivity (Wildman–Crippen MR) is 91.1 cm³/mol. The van der Waals surface area contributed by atoms with Crippen LogP contribution in [-0.4, -0.2) is 25.0 Å². The molecular weight excluding hydrogens is 375 g/mol. The highest BCUT2D eigenvalue weighted by atomic mass is 35.5. The van der Waals surface area contributed by atoms with E-state index in [1.54, 1.807) is 6.08 Å². The van der Waals surface area contributed by atoms with E-state index in [4.69, 9.17) is 32.8 Å². The van der Waals surface area contributed by atoms with Gasteiger partial charge in [-0.1, -0.05) is 28.4 Å². The largest absolute Gasteiger partial charge is 0.392 e. The van der Waals surface area contributed by atoms with Crippen molar-refractivity contribution in [1.82, 2.24) is 19.9 Å². The maximum absolute atomic E-state index is 12.0. The molecule has 0 saturated heterocycles. The summed E-state index contributed by atoms with van der Waals surface area (Å²) in [6.07, 6.45) is 4.80. The van der Waals surface area contributed by atoms with E-state index < -0.39 is 5.56 Å². The number of halogens is 2. The lowest BCUT2D eigenvalue weighted by Crippen LogP contribution is -2.25. The molecule has 0 fully saturated rings. The van der Waals surface area contributed by atoms with Gasteiger partial charge in [-0.3, -0.25) is 4.79 Å². The van der Waals surface area contributed by atoms with Crippen LogP contribution in [-0.2, 0) is 13.2 Å². The molecule has 0 aliphatic heterocycles. The van der Waals surface area contributed by atoms with Gasteiger partial charge in [-0.25, -0.2) is 4.68 Å². The van der Waals surface area contributed by atoms with Gasteiger partial charge in [0, 0.05) is 15.8 Å². The molecule has 124 valence electrons. The summed E-state index contributed by atoms with van der Waals surface area (Å²) < 4.78 is 6.17. The topological polar surface area (TPSA) is 94.0 Å². The summed E-state index contributed by atoms with van der Waals surface area (Å²) in [5.74, 6) is 0.571. The molecule has 3 rings (SSSR count). The fraction of sp³-hybridized carbons (Fsp3) is 0.143. The minimum Gasteiger partial charge on any atom is -0.392 e. The second-order valence-corrected chi connectivity index (χ2v) is 6.41. The van der Waals surface area contributed by atoms with Gasteiger partial charge in [-0.05, 0) is 18.2 Å². The summed E-state index contributed by atoms with van der Waals surface area (Å²) in [6, 6.07) is 1.82. The van der Waals surface area contributed by atoms with Gasteiger partial charge in [-0.2, -0.15) is 10.1 Å². The Morgan fingerprint density at radius 2 is 2.21 bits per heavy atom. The van der Waals surface area contributed by atoms with E-state index in [0.29, 0.717) is 10.8 Å². The number of nitrogens with zero attached hydrogens (tertiary/aromatic N) is 4. The van der Waals surface area contributed by atoms with Crippen LogP contribution in [0.5, 0.6) is 0 Å². The fourth-order valence-corrected chi connectivity index (χ4v) is 3.00. The summed E-state index contributed by atoms with van der Waals surface area (Å²) >= 11 is 13.2. The zero-order chi connectivity index (χ0) is 17.1. The van der Waals surface area contributed by atoms with E-state index in [1.165, 1.54) is 17.5 Å². The monoisotopic (exact) mass is 384 g/mol. The van der Waals surface area contributed by atoms with Crippen molar-refractivity contribution in [2.24, 2.45) is 0 Å². The Morgan fingerprint density at radius 3 is 2.92 bits per heavy atom. The van der Waals surface area contributed by atoms with Gasteiger partial charge in [0.2, 0.25) is 5.89 Å². The van der Waals surface area contributed by atoms with Crippen LogP contribution in [0.4, 0.5) is 0 Å². The van der Waals surface area contributed by atoms with Crippen LogP contribution in [0, 0.1) is 0 Å². The predicted octanol–water partition coefficient (Wildman–Crippen LogP) is 2.71. The molecule has 1 N–H and O–H groups in total. The molecule has 0 radical (unpaired) electrons. The standard InChI is InChI=1S/C14H10Cl2N4O3S/c15-9-3-10(24-7-9)1-2-11-18-12(23-19-11)5-20-14(22)13(16)8(6-21)4-17-20/h1-4,7,21H,5-6H2/b2-1+. The van der Waals surface area contributed by atoms with Crippen LogP contribution >= 0.6 is 34.5 Å². The molecule has 0 atom stereocenters. The number of aliphatic hydroxyl groups excluding tert-OH is 1. The van der Waals surface area contributed by atoms with Crippen molar-refractivity contribution in [3.63, 3.8) is 0 Å². The molecular formula is C14H10Cl2N4O3S. The molecule has 0 unspecified atom stereocenters. The van der Waals surface area contributed by atoms with E-state index in [9.17, 15) is 4.79 Å². The summed E-state index contributed by atoms with van der Waals surface area (Å²) in [7, 11) is 0. The molecule has 0 aliphatic carbocycles. The molecule has 0 saturated carbocycles. The first-order valence-electron chi connectivity index (χ1n) is 6.67. The number of thiophene rings is 1. The third-order valence-electron chi connectivity index (χ3n) is 2.98. The first kappa shape index (κ1) is 16.8. The van der Waals surface area contributed by atoms with Crippen molar-refractivity contribution in [1.29, 1.82) is 0 Å². The van der Waals surface area contributed by atoms with Crippen LogP contribution in [0.3, 0.4) is 0 Å². The quantitative estimate of drug-likeness (QED) is 0.726. The van der Waals surface area contributed by atoms with Gasteiger partial charge < -0.3 is 9.63 Å². The lowest BCUT2D eigenvalue weighted by molar-refractivity contribution is 0.280. The van der Waals surface area contributed by atoms with E-state index in [0.717, 1.165) is 9.56 Å². The average Bonchev–Trinajstić information content (AvgIpc) is 3.19. The maximum Gasteiger partial charge on any atom is 0.286 e. The number of hydrogen-bond acceptors (Lipinski definition) is 7. The summed E-state index contributed by atoms with van der Waals surface area (Å²) in [5, 5.41) is 19.2. The minimum atomic E-state index is -0.535. The molecule has 3 aromatic heterocycles. The highest BCUT2D eigenvalue weighted by Gasteiger charge is 2.12. The Balaban J connectivity index is 1.76. The van der Waals surface area contributed by atoms with Gasteiger partial charge in [0.25, 0.3) is 5.56 Å². The van der Waals surface area contributed by atoms with Crippen molar-refractivity contribution < 1.29 is 9.63 Å². The van der Waals surface area contributed by atoms with Gasteiger partial charge in [0.1, 0.15) is 11.6 Å². The lowest BCUT2D eigenvalue weighted by atomic mass is 10.3. The number of aromatic nitrogens is 4. The maximum atomic E-state index is 12.0. The first-order valence-corrected chi connectivity index (χ1v) is 8.30. The third-order valence-corrected chi connectivity index (χ3v) is 4.63. The van der Waals surface area contributed by atoms with E-state index >= 15 is 0 Å². The number of aliphatic hydroxyl groups is 1. The van der Waals surface area contributed by atoms with Crippen LogP contribution in [0.15, 0.2) is 27.0 Å². The van der Waals surface area contributed by atoms with Crippen molar-refractivity contribution in [3.05, 3.63) is 60.2 Å². The van der Waals surface area contributed by atoms with Crippen LogP contribution in [0.1, 0.15) is 22.2 Å². The Hall–Kier alpha value is -2.00. The Morgan fingerprint density at radius 1 is 1.38 bits per heavy atom. The summed E-state index contributed by atoms with van der Waals surface area (Å²) in [4.78, 5) is 17.1. The highest BCUT2D eigenvalue weighted by Crippen LogP contribution is 2.20. The molecule has 24 heavy (non-hydrogen) atoms. The van der Waals surface area contributed by atoms with Crippen molar-refractivity contribution in [2.45, 2.75) is 13.2 Å². The Labute approximate surface area is 149 Å². The molecule has 10 heteroatoms. The van der Waals surface area contributed by atoms with E-state index in [2.05, 4.69) is 15.2 Å². The normalized spacial score (nSPS) is 11.5. The molecule has 3 heterocycles. The SMILES string of the molecule is O=c1c(Cl)c(CO)cnn1Cc1nc(/C=C/c2cc(Cl)cs2)no1. The van der Waals surface area contributed by atoms with E-state index in [1.807, 2.05) is 17.5 Å². The Kier molecular flexibility index (Phi) is 5.10.